The van der Waals surface area contributed by atoms with Crippen LogP contribution < -0.4 is 33.2 Å². The van der Waals surface area contributed by atoms with E-state index in [0.29, 0.717) is 47.0 Å². The molecule has 1 heterocycles. The van der Waals surface area contributed by atoms with E-state index in [-0.39, 0.29) is 30.5 Å². The van der Waals surface area contributed by atoms with Crippen LogP contribution in [-0.2, 0) is 6.42 Å². The third kappa shape index (κ3) is 6.54. The van der Waals surface area contributed by atoms with Crippen molar-refractivity contribution in [2.24, 2.45) is 0 Å². The van der Waals surface area contributed by atoms with Gasteiger partial charge in [0.2, 0.25) is 5.75 Å². The van der Waals surface area contributed by atoms with Gasteiger partial charge in [0.1, 0.15) is 12.2 Å². The van der Waals surface area contributed by atoms with Crippen molar-refractivity contribution in [2.75, 3.05) is 55.4 Å². The van der Waals surface area contributed by atoms with Gasteiger partial charge < -0.3 is 53.6 Å². The monoisotopic (exact) mass is 600 g/mol. The lowest BCUT2D eigenvalue weighted by Crippen LogP contribution is -2.29. The van der Waals surface area contributed by atoms with Gasteiger partial charge in [-0.3, -0.25) is 0 Å². The van der Waals surface area contributed by atoms with Gasteiger partial charge in [-0.1, -0.05) is 12.1 Å². The Labute approximate surface area is 251 Å². The van der Waals surface area contributed by atoms with Crippen LogP contribution in [0.4, 0.5) is 0 Å². The summed E-state index contributed by atoms with van der Waals surface area (Å²) in [4.78, 5) is 0. The first-order chi connectivity index (χ1) is 20.9. The van der Waals surface area contributed by atoms with E-state index < -0.39 is 30.8 Å². The average molecular weight is 601 g/mol. The maximum Gasteiger partial charge on any atom is 0.204 e. The number of rotatable bonds is 15. The highest BCUT2D eigenvalue weighted by Gasteiger charge is 2.39. The molecule has 11 heteroatoms. The Bertz CT molecular complexity index is 1350. The number of methoxy groups -OCH3 is 5. The number of hydrogen-bond donors (Lipinski definition) is 4. The molecular formula is C32H40O11. The van der Waals surface area contributed by atoms with Crippen molar-refractivity contribution in [3.63, 3.8) is 0 Å². The Kier molecular flexibility index (Phi) is 10.8. The molecule has 1 aliphatic heterocycles. The van der Waals surface area contributed by atoms with E-state index in [1.54, 1.807) is 37.4 Å². The van der Waals surface area contributed by atoms with Gasteiger partial charge in [0, 0.05) is 17.7 Å². The van der Waals surface area contributed by atoms with Crippen LogP contribution in [0.15, 0.2) is 42.5 Å². The second kappa shape index (κ2) is 14.5. The summed E-state index contributed by atoms with van der Waals surface area (Å²) in [6.07, 6.45) is -1.69. The van der Waals surface area contributed by atoms with Gasteiger partial charge >= 0.3 is 0 Å². The lowest BCUT2D eigenvalue weighted by Gasteiger charge is -2.26. The number of aliphatic hydroxyl groups is 4. The number of benzene rings is 3. The van der Waals surface area contributed by atoms with Crippen LogP contribution in [-0.4, -0.2) is 81.9 Å². The van der Waals surface area contributed by atoms with Gasteiger partial charge in [0.25, 0.3) is 0 Å². The van der Waals surface area contributed by atoms with Gasteiger partial charge in [0.15, 0.2) is 40.6 Å². The quantitative estimate of drug-likeness (QED) is 0.204. The number of hydrogen-bond acceptors (Lipinski definition) is 11. The number of aryl methyl sites for hydroxylation is 1. The third-order valence-corrected chi connectivity index (χ3v) is 7.56. The summed E-state index contributed by atoms with van der Waals surface area (Å²) in [7, 11) is 7.50. The maximum atomic E-state index is 11.1. The molecule has 0 saturated carbocycles. The molecule has 4 rings (SSSR count). The molecule has 4 N–H and O–H groups in total. The molecule has 0 fully saturated rings. The molecule has 234 valence electrons. The highest BCUT2D eigenvalue weighted by atomic mass is 16.6. The molecule has 0 amide bonds. The third-order valence-electron chi connectivity index (χ3n) is 7.56. The zero-order valence-corrected chi connectivity index (χ0v) is 25.0. The zero-order valence-electron chi connectivity index (χ0n) is 25.0. The van der Waals surface area contributed by atoms with E-state index in [9.17, 15) is 20.4 Å². The number of fused-ring (bicyclic) bond motifs is 1. The molecule has 0 aliphatic carbocycles. The molecule has 0 bridgehead atoms. The van der Waals surface area contributed by atoms with Crippen LogP contribution in [0.25, 0.3) is 0 Å². The summed E-state index contributed by atoms with van der Waals surface area (Å²) in [6, 6.07) is 12.2. The lowest BCUT2D eigenvalue weighted by atomic mass is 9.90. The Morgan fingerprint density at radius 3 is 1.98 bits per heavy atom. The van der Waals surface area contributed by atoms with Crippen molar-refractivity contribution in [3.05, 3.63) is 64.7 Å². The standard InChI is InChI=1S/C32H40O11/c1-37-23-9-8-19(13-24(23)38-2)29(36)28(17-35)42-32-26(40-4)14-20(15-27(32)41-5)30-22(16-34)21-11-18(7-6-10-33)12-25(39-3)31(21)43-30/h8-9,11-15,22,28-30,33-36H,6-7,10,16-17H2,1-5H3/t22-,28-,29+,30+/m1/s1. The topological polar surface area (TPSA) is 146 Å². The zero-order chi connectivity index (χ0) is 31.1. The van der Waals surface area contributed by atoms with Crippen molar-refractivity contribution in [1.29, 1.82) is 0 Å². The Balaban J connectivity index is 1.67. The summed E-state index contributed by atoms with van der Waals surface area (Å²) in [6.45, 7) is -0.648. The second-order valence-corrected chi connectivity index (χ2v) is 10.0. The summed E-state index contributed by atoms with van der Waals surface area (Å²) in [5.74, 6) is 2.30. The van der Waals surface area contributed by atoms with E-state index in [1.807, 2.05) is 12.1 Å². The van der Waals surface area contributed by atoms with Crippen LogP contribution in [0, 0.1) is 0 Å². The van der Waals surface area contributed by atoms with Crippen LogP contribution in [0.3, 0.4) is 0 Å². The molecule has 3 aromatic carbocycles. The number of ether oxygens (including phenoxy) is 7. The van der Waals surface area contributed by atoms with Gasteiger partial charge in [-0.2, -0.15) is 0 Å². The predicted octanol–water partition coefficient (Wildman–Crippen LogP) is 3.34. The van der Waals surface area contributed by atoms with Crippen LogP contribution >= 0.6 is 0 Å². The summed E-state index contributed by atoms with van der Waals surface area (Å²) >= 11 is 0. The molecule has 43 heavy (non-hydrogen) atoms. The average Bonchev–Trinajstić information content (AvgIpc) is 3.43. The van der Waals surface area contributed by atoms with Crippen LogP contribution in [0.2, 0.25) is 0 Å². The van der Waals surface area contributed by atoms with Crippen LogP contribution in [0.5, 0.6) is 40.2 Å². The molecule has 0 saturated heterocycles. The normalized spacial score (nSPS) is 17.0. The fourth-order valence-electron chi connectivity index (χ4n) is 5.32. The largest absolute Gasteiger partial charge is 0.493 e. The summed E-state index contributed by atoms with van der Waals surface area (Å²) in [5, 5.41) is 41.1. The first-order valence-electron chi connectivity index (χ1n) is 13.9. The molecule has 1 aliphatic rings. The molecule has 0 aromatic heterocycles. The highest BCUT2D eigenvalue weighted by Crippen LogP contribution is 2.53. The Morgan fingerprint density at radius 1 is 0.767 bits per heavy atom. The minimum atomic E-state index is -1.24. The van der Waals surface area contributed by atoms with Crippen molar-refractivity contribution in [1.82, 2.24) is 0 Å². The highest BCUT2D eigenvalue weighted by molar-refractivity contribution is 5.58. The maximum absolute atomic E-state index is 11.1. The van der Waals surface area contributed by atoms with Crippen molar-refractivity contribution in [2.45, 2.75) is 37.1 Å². The van der Waals surface area contributed by atoms with Crippen molar-refractivity contribution >= 4 is 0 Å². The first kappa shape index (κ1) is 32.0. The first-order valence-corrected chi connectivity index (χ1v) is 13.9. The molecule has 3 aromatic rings. The van der Waals surface area contributed by atoms with Gasteiger partial charge in [-0.25, -0.2) is 0 Å². The molecule has 0 unspecified atom stereocenters. The number of aliphatic hydroxyl groups excluding tert-OH is 4. The molecule has 0 radical (unpaired) electrons. The van der Waals surface area contributed by atoms with Crippen molar-refractivity contribution < 1.29 is 53.6 Å². The fourth-order valence-corrected chi connectivity index (χ4v) is 5.32. The Morgan fingerprint density at radius 2 is 1.42 bits per heavy atom. The van der Waals surface area contributed by atoms with Gasteiger partial charge in [0.05, 0.1) is 54.7 Å². The van der Waals surface area contributed by atoms with E-state index in [0.717, 1.165) is 11.1 Å². The predicted molar refractivity (Wildman–Crippen MR) is 157 cm³/mol. The molecule has 11 nitrogen and oxygen atoms in total. The van der Waals surface area contributed by atoms with E-state index in [4.69, 9.17) is 33.2 Å². The lowest BCUT2D eigenvalue weighted by molar-refractivity contribution is -0.00180. The minimum absolute atomic E-state index is 0.0679. The minimum Gasteiger partial charge on any atom is -0.493 e. The van der Waals surface area contributed by atoms with Gasteiger partial charge in [-0.15, -0.1) is 0 Å². The van der Waals surface area contributed by atoms with E-state index in [1.165, 1.54) is 28.4 Å². The molecule has 4 atom stereocenters. The van der Waals surface area contributed by atoms with Crippen LogP contribution in [0.1, 0.15) is 46.8 Å². The summed E-state index contributed by atoms with van der Waals surface area (Å²) < 4.78 is 40.1. The molecule has 0 spiro atoms. The van der Waals surface area contributed by atoms with E-state index >= 15 is 0 Å². The Hall–Kier alpha value is -3.90. The SMILES string of the molecule is COc1ccc([C@H](O)[C@@H](CO)Oc2c(OC)cc([C@@H]3Oc4c(OC)cc(CCCO)cc4[C@H]3CO)cc2OC)cc1OC. The van der Waals surface area contributed by atoms with E-state index in [2.05, 4.69) is 0 Å². The van der Waals surface area contributed by atoms with Gasteiger partial charge in [-0.05, 0) is 54.3 Å². The smallest absolute Gasteiger partial charge is 0.204 e. The molecular weight excluding hydrogens is 560 g/mol. The fraction of sp³-hybridized carbons (Fsp3) is 0.438. The second-order valence-electron chi connectivity index (χ2n) is 10.0. The van der Waals surface area contributed by atoms with Crippen molar-refractivity contribution in [3.8, 4) is 40.2 Å². The summed E-state index contributed by atoms with van der Waals surface area (Å²) in [5.41, 5.74) is 2.86.